The second-order valence-corrected chi connectivity index (χ2v) is 4.98. The molecule has 7 heteroatoms. The number of aliphatic carboxylic acids is 1. The SMILES string of the molecule is Cc1c(O)c(=O)ccn1CCSCC(N)C(=O)O. The Hall–Kier alpha value is -1.47. The summed E-state index contributed by atoms with van der Waals surface area (Å²) in [5, 5.41) is 18.1. The fourth-order valence-electron chi connectivity index (χ4n) is 1.35. The molecule has 0 aliphatic carbocycles. The predicted molar refractivity (Wildman–Crippen MR) is 70.0 cm³/mol. The third-order valence-electron chi connectivity index (χ3n) is 2.50. The summed E-state index contributed by atoms with van der Waals surface area (Å²) in [4.78, 5) is 21.6. The molecule has 4 N–H and O–H groups in total. The minimum Gasteiger partial charge on any atom is -0.503 e. The van der Waals surface area contributed by atoms with Gasteiger partial charge in [-0.1, -0.05) is 0 Å². The Morgan fingerprint density at radius 3 is 2.89 bits per heavy atom. The molecular weight excluding hydrogens is 256 g/mol. The quantitative estimate of drug-likeness (QED) is 0.630. The minimum absolute atomic E-state index is 0.246. The maximum Gasteiger partial charge on any atom is 0.321 e. The van der Waals surface area contributed by atoms with Crippen molar-refractivity contribution in [1.82, 2.24) is 4.57 Å². The highest BCUT2D eigenvalue weighted by molar-refractivity contribution is 7.99. The Kier molecular flexibility index (Phi) is 5.24. The zero-order chi connectivity index (χ0) is 13.7. The topological polar surface area (TPSA) is 106 Å². The second-order valence-electron chi connectivity index (χ2n) is 3.83. The Morgan fingerprint density at radius 2 is 2.28 bits per heavy atom. The highest BCUT2D eigenvalue weighted by Gasteiger charge is 2.11. The monoisotopic (exact) mass is 272 g/mol. The molecule has 0 fully saturated rings. The van der Waals surface area contributed by atoms with Gasteiger partial charge in [-0.2, -0.15) is 11.8 Å². The summed E-state index contributed by atoms with van der Waals surface area (Å²) in [5.41, 5.74) is 5.47. The average Bonchev–Trinajstić information content (AvgIpc) is 2.33. The third-order valence-corrected chi connectivity index (χ3v) is 3.57. The van der Waals surface area contributed by atoms with Crippen LogP contribution in [0.3, 0.4) is 0 Å². The predicted octanol–water partition coefficient (Wildman–Crippen LogP) is 0.00742. The van der Waals surface area contributed by atoms with Crippen LogP contribution in [0, 0.1) is 6.92 Å². The maximum atomic E-state index is 11.1. The number of thioether (sulfide) groups is 1. The number of nitrogens with zero attached hydrogens (tertiary/aromatic N) is 1. The lowest BCUT2D eigenvalue weighted by atomic mass is 10.3. The van der Waals surface area contributed by atoms with Crippen molar-refractivity contribution in [3.8, 4) is 5.75 Å². The van der Waals surface area contributed by atoms with Gasteiger partial charge in [-0.3, -0.25) is 9.59 Å². The van der Waals surface area contributed by atoms with Crippen LogP contribution in [0.2, 0.25) is 0 Å². The van der Waals surface area contributed by atoms with Crippen LogP contribution in [0.5, 0.6) is 5.75 Å². The van der Waals surface area contributed by atoms with Crippen molar-refractivity contribution >= 4 is 17.7 Å². The molecule has 0 aliphatic heterocycles. The summed E-state index contributed by atoms with van der Waals surface area (Å²) in [6.07, 6.45) is 1.61. The molecule has 1 aromatic heterocycles. The largest absolute Gasteiger partial charge is 0.503 e. The van der Waals surface area contributed by atoms with Gasteiger partial charge < -0.3 is 20.5 Å². The van der Waals surface area contributed by atoms with Crippen molar-refractivity contribution in [3.63, 3.8) is 0 Å². The summed E-state index contributed by atoms with van der Waals surface area (Å²) in [6, 6.07) is 0.439. The van der Waals surface area contributed by atoms with Crippen LogP contribution >= 0.6 is 11.8 Å². The molecule has 0 radical (unpaired) electrons. The Labute approximate surface area is 108 Å². The van der Waals surface area contributed by atoms with E-state index in [2.05, 4.69) is 0 Å². The van der Waals surface area contributed by atoms with Crippen LogP contribution in [0.4, 0.5) is 0 Å². The standard InChI is InChI=1S/C11H16N2O4S/c1-7-10(15)9(14)2-3-13(7)4-5-18-6-8(12)11(16)17/h2-3,8,15H,4-6,12H2,1H3,(H,16,17). The van der Waals surface area contributed by atoms with Gasteiger partial charge in [0.25, 0.3) is 0 Å². The van der Waals surface area contributed by atoms with Crippen molar-refractivity contribution in [2.45, 2.75) is 19.5 Å². The van der Waals surface area contributed by atoms with E-state index in [0.29, 0.717) is 23.7 Å². The number of rotatable bonds is 6. The highest BCUT2D eigenvalue weighted by atomic mass is 32.2. The number of carboxylic acid groups (broad SMARTS) is 1. The van der Waals surface area contributed by atoms with Gasteiger partial charge in [0.15, 0.2) is 5.75 Å². The van der Waals surface area contributed by atoms with E-state index in [1.54, 1.807) is 17.7 Å². The van der Waals surface area contributed by atoms with E-state index in [0.717, 1.165) is 0 Å². The van der Waals surface area contributed by atoms with E-state index in [1.165, 1.54) is 17.8 Å². The van der Waals surface area contributed by atoms with Crippen molar-refractivity contribution < 1.29 is 15.0 Å². The van der Waals surface area contributed by atoms with Crippen LogP contribution < -0.4 is 11.2 Å². The fourth-order valence-corrected chi connectivity index (χ4v) is 2.24. The first-order chi connectivity index (χ1) is 8.43. The normalized spacial score (nSPS) is 12.3. The first kappa shape index (κ1) is 14.6. The molecule has 0 aliphatic rings. The third kappa shape index (κ3) is 3.78. The van der Waals surface area contributed by atoms with E-state index in [-0.39, 0.29) is 5.75 Å². The van der Waals surface area contributed by atoms with Crippen molar-refractivity contribution in [2.75, 3.05) is 11.5 Å². The van der Waals surface area contributed by atoms with Gasteiger partial charge in [-0.25, -0.2) is 0 Å². The van der Waals surface area contributed by atoms with Gasteiger partial charge in [0.1, 0.15) is 6.04 Å². The Morgan fingerprint density at radius 1 is 1.61 bits per heavy atom. The summed E-state index contributed by atoms with van der Waals surface area (Å²) in [6.45, 7) is 2.24. The zero-order valence-corrected chi connectivity index (χ0v) is 10.8. The minimum atomic E-state index is -1.01. The van der Waals surface area contributed by atoms with E-state index in [9.17, 15) is 14.7 Å². The molecule has 1 unspecified atom stereocenters. The molecule has 0 aromatic carbocycles. The van der Waals surface area contributed by atoms with Crippen LogP contribution in [-0.4, -0.2) is 38.3 Å². The van der Waals surface area contributed by atoms with Gasteiger partial charge >= 0.3 is 5.97 Å². The van der Waals surface area contributed by atoms with Crippen LogP contribution in [-0.2, 0) is 11.3 Å². The Balaban J connectivity index is 2.48. The van der Waals surface area contributed by atoms with Gasteiger partial charge in [-0.15, -0.1) is 0 Å². The van der Waals surface area contributed by atoms with Crippen LogP contribution in [0.15, 0.2) is 17.1 Å². The smallest absolute Gasteiger partial charge is 0.321 e. The van der Waals surface area contributed by atoms with Gasteiger partial charge in [0, 0.05) is 30.3 Å². The van der Waals surface area contributed by atoms with Gasteiger partial charge in [0.05, 0.1) is 5.69 Å². The number of aryl methyl sites for hydroxylation is 1. The lowest BCUT2D eigenvalue weighted by molar-refractivity contribution is -0.137. The van der Waals surface area contributed by atoms with E-state index in [4.69, 9.17) is 10.8 Å². The molecule has 1 rings (SSSR count). The first-order valence-corrected chi connectivity index (χ1v) is 6.54. The van der Waals surface area contributed by atoms with Gasteiger partial charge in [0.2, 0.25) is 5.43 Å². The number of hydrogen-bond donors (Lipinski definition) is 3. The van der Waals surface area contributed by atoms with Crippen LogP contribution in [0.1, 0.15) is 5.69 Å². The van der Waals surface area contributed by atoms with E-state index in [1.807, 2.05) is 0 Å². The molecule has 0 saturated heterocycles. The van der Waals surface area contributed by atoms with Crippen LogP contribution in [0.25, 0.3) is 0 Å². The summed E-state index contributed by atoms with van der Waals surface area (Å²) in [5.74, 6) is -0.269. The Bertz CT molecular complexity index is 486. The van der Waals surface area contributed by atoms with Gasteiger partial charge in [-0.05, 0) is 6.92 Å². The summed E-state index contributed by atoms with van der Waals surface area (Å²) >= 11 is 1.42. The number of aromatic hydroxyl groups is 1. The lowest BCUT2D eigenvalue weighted by Gasteiger charge is -2.11. The number of nitrogens with two attached hydrogens (primary N) is 1. The second kappa shape index (κ2) is 6.46. The first-order valence-electron chi connectivity index (χ1n) is 5.38. The molecule has 18 heavy (non-hydrogen) atoms. The molecule has 1 aromatic rings. The van der Waals surface area contributed by atoms with E-state index >= 15 is 0 Å². The molecular formula is C11H16N2O4S. The molecule has 0 spiro atoms. The molecule has 0 bridgehead atoms. The number of carbonyl (C=O) groups is 1. The van der Waals surface area contributed by atoms with E-state index < -0.39 is 17.4 Å². The number of hydrogen-bond acceptors (Lipinski definition) is 5. The van der Waals surface area contributed by atoms with Crippen molar-refractivity contribution in [1.29, 1.82) is 0 Å². The maximum absolute atomic E-state index is 11.1. The van der Waals surface area contributed by atoms with Crippen molar-refractivity contribution in [2.24, 2.45) is 5.73 Å². The average molecular weight is 272 g/mol. The summed E-state index contributed by atoms with van der Waals surface area (Å²) in [7, 11) is 0. The molecule has 1 atom stereocenters. The molecule has 0 amide bonds. The molecule has 100 valence electrons. The zero-order valence-electron chi connectivity index (χ0n) is 10.00. The number of carboxylic acids is 1. The number of pyridine rings is 1. The fraction of sp³-hybridized carbons (Fsp3) is 0.455. The molecule has 6 nitrogen and oxygen atoms in total. The lowest BCUT2D eigenvalue weighted by Crippen LogP contribution is -2.32. The molecule has 1 heterocycles. The molecule has 0 saturated carbocycles. The number of aromatic nitrogens is 1. The highest BCUT2D eigenvalue weighted by Crippen LogP contribution is 2.11. The van der Waals surface area contributed by atoms with Crippen molar-refractivity contribution in [3.05, 3.63) is 28.2 Å². The summed E-state index contributed by atoms with van der Waals surface area (Å²) < 4.78 is 1.75.